The zero-order valence-electron chi connectivity index (χ0n) is 69.4. The van der Waals surface area contributed by atoms with Crippen LogP contribution < -0.4 is 46.3 Å². The Morgan fingerprint density at radius 1 is 0.465 bits per heavy atom. The molecular weight excluding hydrogens is 1780 g/mol. The van der Waals surface area contributed by atoms with E-state index in [1.807, 2.05) is 13.0 Å². The van der Waals surface area contributed by atoms with Crippen LogP contribution in [0, 0.1) is 80.8 Å². The number of aromatic nitrogens is 16. The minimum absolute atomic E-state index is 0. The van der Waals surface area contributed by atoms with E-state index in [4.69, 9.17) is 115 Å². The zero-order chi connectivity index (χ0) is 92.5. The normalized spacial score (nSPS) is 10.5. The van der Waals surface area contributed by atoms with Crippen molar-refractivity contribution < 1.29 is 71.1 Å². The number of carboxylic acid groups (broad SMARTS) is 1. The second-order valence-corrected chi connectivity index (χ2v) is 29.4. The number of hydrogen-bond acceptors (Lipinski definition) is 32. The molecule has 13 rings (SSSR count). The number of nitrogen functional groups attached to an aromatic ring is 1. The molecular formula is C84H77Cl5LiN27O11S. The van der Waals surface area contributed by atoms with Crippen LogP contribution in [0.5, 0.6) is 0 Å². The fraction of sp³-hybridized carbons (Fsp3) is 0.190. The molecule has 8 aromatic heterocycles. The maximum absolute atomic E-state index is 12.2. The van der Waals surface area contributed by atoms with Crippen LogP contribution in [0.1, 0.15) is 92.9 Å². The number of carbonyl (C=O) groups excluding carboxylic acids is 3. The van der Waals surface area contributed by atoms with E-state index in [0.717, 1.165) is 22.3 Å². The Morgan fingerprint density at radius 3 is 1.07 bits per heavy atom. The number of aromatic carboxylic acids is 1. The molecule has 45 heteroatoms. The van der Waals surface area contributed by atoms with E-state index in [2.05, 4.69) is 105 Å². The standard InChI is InChI=1S/C21H18ClN7O.C18H15ClN6O2.C17H13ClN6O2.C12H8Cl2N2O2.C7H8O3S.C6H8N4.C3H6N2.Li.H2O/c1-14(10-24)9-19(30)15-3-5-16(6-4-15)20-18(22)12-25-21(28-20)27-17-11-26-29(13-17)8-2-7-23;1-27-17(26)13-5-3-12(4-6-13)16-15(19)10-21-18(24-16)23-14-9-22-25(11-14)8-2-7-20;18-14-9-20-17(22-13-8-21-24(10-13)7-1-6-19)23-15(14)11-2-4-12(5-3-11)16(25)26;1-18-11(17)8-4-2-7(3-5-8)10-9(13)6-15-12(14)16-10;1-6-2-4-7(5-3-6)11(8,9)10;7-2-1-3-10-5-6(8)4-9-10;1-3(5)2-4;;/h3-6,11-14H,2,8-9H2,1H3,(H,25,27,28);3-6,9-11H,2,8H2,1H3,(H,21,23,24);2-5,8-10H,1,7H2,(H,25,26)(H,20,22,23);2-6H,1H3;2-5H,1H3,(H,8,9,10);4-5H,1,3,8H2;3H,5H2,1H3;;1H2/q;;;;;;;+1;/p-1/t14-;;;;;;3-;;/m1.....0../s1. The molecule has 0 fully saturated rings. The van der Waals surface area contributed by atoms with Crippen molar-refractivity contribution in [2.75, 3.05) is 35.9 Å². The molecule has 129 heavy (non-hydrogen) atoms. The van der Waals surface area contributed by atoms with Gasteiger partial charge in [-0.1, -0.05) is 125 Å². The number of nitrogens with zero attached hydrogens (tertiary/aromatic N) is 22. The Hall–Kier alpha value is -14.6. The first-order valence-electron chi connectivity index (χ1n) is 37.2. The number of rotatable bonds is 25. The predicted octanol–water partition coefficient (Wildman–Crippen LogP) is 12.7. The van der Waals surface area contributed by atoms with Crippen LogP contribution in [0.15, 0.2) is 201 Å². The van der Waals surface area contributed by atoms with E-state index in [0.29, 0.717) is 158 Å². The predicted molar refractivity (Wildman–Crippen MR) is 475 cm³/mol. The van der Waals surface area contributed by atoms with Gasteiger partial charge in [0.1, 0.15) is 0 Å². The van der Waals surface area contributed by atoms with Gasteiger partial charge in [-0.3, -0.25) is 28.1 Å². The van der Waals surface area contributed by atoms with Crippen molar-refractivity contribution >= 4 is 132 Å². The van der Waals surface area contributed by atoms with Crippen LogP contribution >= 0.6 is 58.0 Å². The number of carboxylic acids is 1. The fourth-order valence-electron chi connectivity index (χ4n) is 10.1. The van der Waals surface area contributed by atoms with E-state index >= 15 is 0 Å². The smallest absolute Gasteiger partial charge is 0.870 e. The monoisotopic (exact) mass is 1850 g/mol. The summed E-state index contributed by atoms with van der Waals surface area (Å²) < 4.78 is 45.5. The van der Waals surface area contributed by atoms with Gasteiger partial charge >= 0.3 is 36.8 Å². The van der Waals surface area contributed by atoms with Crippen molar-refractivity contribution in [2.45, 2.75) is 90.0 Å². The van der Waals surface area contributed by atoms with Crippen molar-refractivity contribution in [1.82, 2.24) is 79.0 Å². The summed E-state index contributed by atoms with van der Waals surface area (Å²) in [6.07, 6.45) is 21.1. The molecule has 2 atom stereocenters. The topological polar surface area (TPSA) is 597 Å². The molecule has 0 unspecified atom stereocenters. The first kappa shape index (κ1) is 105. The van der Waals surface area contributed by atoms with E-state index in [1.165, 1.54) is 63.3 Å². The van der Waals surface area contributed by atoms with Gasteiger partial charge in [0.25, 0.3) is 10.1 Å². The number of halogens is 5. The molecule has 5 aromatic carbocycles. The Balaban J connectivity index is 0.000000279. The van der Waals surface area contributed by atoms with Crippen molar-refractivity contribution in [3.05, 3.63) is 249 Å². The number of nitrogens with one attached hydrogen (secondary N) is 3. The first-order valence-corrected chi connectivity index (χ1v) is 40.5. The molecule has 10 N–H and O–H groups in total. The number of hydrogen-bond donors (Lipinski definition) is 7. The fourth-order valence-corrected chi connectivity index (χ4v) is 11.6. The van der Waals surface area contributed by atoms with Crippen LogP contribution in [-0.2, 0) is 45.8 Å². The van der Waals surface area contributed by atoms with Crippen molar-refractivity contribution in [2.24, 2.45) is 11.7 Å². The van der Waals surface area contributed by atoms with Crippen molar-refractivity contribution in [3.63, 3.8) is 0 Å². The molecule has 656 valence electrons. The van der Waals surface area contributed by atoms with Crippen molar-refractivity contribution in [3.8, 4) is 81.4 Å². The van der Waals surface area contributed by atoms with Crippen molar-refractivity contribution in [1.29, 1.82) is 31.6 Å². The minimum atomic E-state index is -4.02. The molecule has 13 aromatic rings. The number of Topliss-reactive ketones (excluding diaryl/α,β-unsaturated/α-hetero) is 1. The van der Waals surface area contributed by atoms with Gasteiger partial charge in [-0.2, -0.15) is 60.4 Å². The SMILES string of the molecule is COC(=O)c1ccc(-c2nc(Cl)ncc2Cl)cc1.COC(=O)c1ccc(-c2nc(Nc3cnn(CCC#N)c3)ncc2Cl)cc1.C[C@@H](C#N)CC(=O)c1ccc(-c2nc(Nc3cnn(CCC#N)c3)ncc2Cl)cc1.C[C@H](N)C#N.Cc1ccc(S(=O)(=O)O)cc1.N#CCCn1cc(N)cn1.N#CCCn1cc(Nc2ncc(Cl)c(-c3ccc(C(=O)O)cc3)n2)cn1.[Li+].[OH-]. The molecule has 0 radical (unpaired) electrons. The summed E-state index contributed by atoms with van der Waals surface area (Å²) in [6, 6.07) is 44.4. The van der Waals surface area contributed by atoms with Gasteiger partial charge < -0.3 is 47.5 Å². The van der Waals surface area contributed by atoms with Crippen LogP contribution in [0.2, 0.25) is 25.4 Å². The van der Waals surface area contributed by atoms with Crippen LogP contribution in [0.4, 0.5) is 40.6 Å². The van der Waals surface area contributed by atoms with Crippen LogP contribution in [0.25, 0.3) is 45.0 Å². The number of esters is 2. The Labute approximate surface area is 776 Å². The van der Waals surface area contributed by atoms with Crippen LogP contribution in [-0.4, -0.2) is 146 Å². The molecule has 0 aliphatic carbocycles. The molecule has 0 bridgehead atoms. The summed E-state index contributed by atoms with van der Waals surface area (Å²) >= 11 is 30.4. The summed E-state index contributed by atoms with van der Waals surface area (Å²) in [5, 5.41) is 86.9. The molecule has 38 nitrogen and oxygen atoms in total. The number of benzene rings is 5. The number of ether oxygens (including phenoxy) is 2. The number of ketones is 1. The Kier molecular flexibility index (Phi) is 43.6. The molecule has 0 aliphatic heterocycles. The van der Waals surface area contributed by atoms with E-state index in [-0.39, 0.29) is 64.2 Å². The van der Waals surface area contributed by atoms with Crippen LogP contribution in [0.3, 0.4) is 0 Å². The van der Waals surface area contributed by atoms with Gasteiger partial charge in [-0.05, 0) is 80.9 Å². The third-order valence-electron chi connectivity index (χ3n) is 16.4. The summed E-state index contributed by atoms with van der Waals surface area (Å²) in [5.41, 5.74) is 20.5. The van der Waals surface area contributed by atoms with Gasteiger partial charge in [0.05, 0.1) is 251 Å². The number of nitriles is 6. The number of aryl methyl sites for hydroxylation is 5. The van der Waals surface area contributed by atoms with Gasteiger partial charge in [0.2, 0.25) is 23.1 Å². The Bertz CT molecular complexity index is 6290. The van der Waals surface area contributed by atoms with E-state index in [9.17, 15) is 27.6 Å². The largest absolute Gasteiger partial charge is 1.00 e. The minimum Gasteiger partial charge on any atom is -0.870 e. The maximum atomic E-state index is 12.2. The van der Waals surface area contributed by atoms with Gasteiger partial charge in [0.15, 0.2) is 5.78 Å². The van der Waals surface area contributed by atoms with E-state index < -0.39 is 28.0 Å². The second kappa shape index (κ2) is 53.6. The Morgan fingerprint density at radius 2 is 0.775 bits per heavy atom. The summed E-state index contributed by atoms with van der Waals surface area (Å²) in [4.78, 5) is 79.6. The number of methoxy groups -OCH3 is 2. The summed E-state index contributed by atoms with van der Waals surface area (Å²) in [7, 11) is -1.36. The number of anilines is 7. The quantitative estimate of drug-likeness (QED) is 0.00918. The maximum Gasteiger partial charge on any atom is 1.00 e. The molecule has 0 saturated heterocycles. The molecule has 0 saturated carbocycles. The second-order valence-electron chi connectivity index (χ2n) is 26.0. The molecule has 0 aliphatic rings. The van der Waals surface area contributed by atoms with Gasteiger partial charge in [0, 0.05) is 59.0 Å². The third-order valence-corrected chi connectivity index (χ3v) is 18.5. The average Bonchev–Trinajstić information content (AvgIpc) is 1.81. The molecule has 0 spiro atoms. The molecule has 8 heterocycles. The first-order chi connectivity index (χ1) is 60.9. The number of carbonyl (C=O) groups is 4. The summed E-state index contributed by atoms with van der Waals surface area (Å²) in [5.74, 6) is -1.19. The molecule has 0 amide bonds. The third kappa shape index (κ3) is 34.7. The van der Waals surface area contributed by atoms with Gasteiger partial charge in [-0.15, -0.1) is 0 Å². The number of nitrogens with two attached hydrogens (primary N) is 2. The zero-order valence-corrected chi connectivity index (χ0v) is 74.0. The summed E-state index contributed by atoms with van der Waals surface area (Å²) in [6.45, 7) is 7.33. The van der Waals surface area contributed by atoms with Gasteiger partial charge in [-0.25, -0.2) is 54.3 Å². The average molecular weight is 1860 g/mol. The van der Waals surface area contributed by atoms with E-state index in [1.54, 1.807) is 185 Å².